The molecule has 0 bridgehead atoms. The minimum Gasteiger partial charge on any atom is -0.310 e. The molecule has 0 aliphatic rings. The van der Waals surface area contributed by atoms with Gasteiger partial charge in [-0.15, -0.1) is 0 Å². The zero-order valence-electron chi connectivity index (χ0n) is 12.0. The maximum Gasteiger partial charge on any atom is 0.0245 e. The molecule has 1 heteroatoms. The Morgan fingerprint density at radius 3 is 2.30 bits per heavy atom. The van der Waals surface area contributed by atoms with Crippen molar-refractivity contribution in [3.8, 4) is 11.8 Å². The van der Waals surface area contributed by atoms with E-state index in [4.69, 9.17) is 0 Å². The fourth-order valence-corrected chi connectivity index (χ4v) is 1.96. The first kappa shape index (κ1) is 14.4. The van der Waals surface area contributed by atoms with Crippen molar-refractivity contribution in [3.63, 3.8) is 0 Å². The van der Waals surface area contributed by atoms with Crippen LogP contribution in [0.5, 0.6) is 0 Å². The van der Waals surface area contributed by atoms with Crippen molar-refractivity contribution in [2.24, 2.45) is 0 Å². The Labute approximate surface area is 122 Å². The second-order valence-electron chi connectivity index (χ2n) is 4.97. The fourth-order valence-electron chi connectivity index (χ4n) is 1.96. The third-order valence-corrected chi connectivity index (χ3v) is 3.21. The number of nitrogens with one attached hydrogen (secondary N) is 1. The molecule has 0 saturated carbocycles. The monoisotopic (exact) mass is 263 g/mol. The quantitative estimate of drug-likeness (QED) is 0.804. The lowest BCUT2D eigenvalue weighted by atomic mass is 10.1. The van der Waals surface area contributed by atoms with Crippen molar-refractivity contribution in [2.45, 2.75) is 32.4 Å². The third-order valence-electron chi connectivity index (χ3n) is 3.21. The van der Waals surface area contributed by atoms with Gasteiger partial charge in [0, 0.05) is 24.6 Å². The predicted octanol–water partition coefficient (Wildman–Crippen LogP) is 4.00. The highest BCUT2D eigenvalue weighted by molar-refractivity contribution is 5.33. The van der Waals surface area contributed by atoms with Crippen molar-refractivity contribution in [1.29, 1.82) is 0 Å². The predicted molar refractivity (Wildman–Crippen MR) is 85.3 cm³/mol. The summed E-state index contributed by atoms with van der Waals surface area (Å²) in [5.74, 6) is 6.44. The van der Waals surface area contributed by atoms with E-state index in [9.17, 15) is 0 Å². The van der Waals surface area contributed by atoms with Gasteiger partial charge in [-0.1, -0.05) is 60.4 Å². The van der Waals surface area contributed by atoms with Crippen LogP contribution in [0.3, 0.4) is 0 Å². The largest absolute Gasteiger partial charge is 0.310 e. The van der Waals surface area contributed by atoms with Gasteiger partial charge in [0.1, 0.15) is 0 Å². The van der Waals surface area contributed by atoms with E-state index in [0.29, 0.717) is 6.04 Å². The Morgan fingerprint density at radius 1 is 0.950 bits per heavy atom. The highest BCUT2D eigenvalue weighted by Crippen LogP contribution is 2.01. The van der Waals surface area contributed by atoms with Crippen molar-refractivity contribution in [1.82, 2.24) is 5.32 Å². The fraction of sp³-hybridized carbons (Fsp3) is 0.263. The maximum absolute atomic E-state index is 3.53. The second-order valence-corrected chi connectivity index (χ2v) is 4.97. The smallest absolute Gasteiger partial charge is 0.0245 e. The van der Waals surface area contributed by atoms with Crippen LogP contribution >= 0.6 is 0 Å². The highest BCUT2D eigenvalue weighted by Gasteiger charge is 1.99. The normalized spacial score (nSPS) is 11.4. The van der Waals surface area contributed by atoms with Crippen LogP contribution in [0.4, 0.5) is 0 Å². The van der Waals surface area contributed by atoms with E-state index in [0.717, 1.165) is 24.9 Å². The molecule has 0 spiro atoms. The number of hydrogen-bond acceptors (Lipinski definition) is 1. The summed E-state index contributed by atoms with van der Waals surface area (Å²) in [4.78, 5) is 0. The van der Waals surface area contributed by atoms with Crippen LogP contribution in [0.25, 0.3) is 0 Å². The molecule has 0 radical (unpaired) electrons. The van der Waals surface area contributed by atoms with E-state index in [-0.39, 0.29) is 0 Å². The van der Waals surface area contributed by atoms with Crippen molar-refractivity contribution in [3.05, 3.63) is 71.8 Å². The molecule has 0 saturated heterocycles. The van der Waals surface area contributed by atoms with E-state index in [1.807, 2.05) is 36.4 Å². The summed E-state index contributed by atoms with van der Waals surface area (Å²) in [6.45, 7) is 3.14. The van der Waals surface area contributed by atoms with Crippen LogP contribution in [0.2, 0.25) is 0 Å². The molecule has 0 aromatic heterocycles. The zero-order chi connectivity index (χ0) is 14.0. The Balaban J connectivity index is 1.68. The molecule has 20 heavy (non-hydrogen) atoms. The summed E-state index contributed by atoms with van der Waals surface area (Å²) in [7, 11) is 0. The number of benzene rings is 2. The molecule has 1 nitrogen and oxygen atoms in total. The van der Waals surface area contributed by atoms with Crippen LogP contribution in [0.1, 0.15) is 30.9 Å². The Morgan fingerprint density at radius 2 is 1.60 bits per heavy atom. The van der Waals surface area contributed by atoms with Gasteiger partial charge in [-0.25, -0.2) is 0 Å². The minimum atomic E-state index is 0.486. The van der Waals surface area contributed by atoms with Crippen LogP contribution in [-0.2, 0) is 6.54 Å². The standard InChI is InChI=1S/C19H21N/c1-17(20-16-19-14-6-3-7-15-19)10-8-9-13-18-11-4-2-5-12-18/h2-7,11-12,14-15,17,20H,8,10,16H2,1H3. The Bertz CT molecular complexity index is 549. The summed E-state index contributed by atoms with van der Waals surface area (Å²) in [6.07, 6.45) is 2.00. The van der Waals surface area contributed by atoms with Crippen LogP contribution in [0, 0.1) is 11.8 Å². The molecule has 0 aliphatic heterocycles. The Hall–Kier alpha value is -2.04. The molecule has 2 aromatic carbocycles. The van der Waals surface area contributed by atoms with Gasteiger partial charge in [0.25, 0.3) is 0 Å². The lowest BCUT2D eigenvalue weighted by Gasteiger charge is -2.12. The first-order chi connectivity index (χ1) is 9.84. The highest BCUT2D eigenvalue weighted by atomic mass is 14.9. The lowest BCUT2D eigenvalue weighted by molar-refractivity contribution is 0.520. The average Bonchev–Trinajstić information content (AvgIpc) is 2.52. The van der Waals surface area contributed by atoms with E-state index in [1.165, 1.54) is 5.56 Å². The maximum atomic E-state index is 3.53. The van der Waals surface area contributed by atoms with E-state index in [2.05, 4.69) is 48.3 Å². The third kappa shape index (κ3) is 5.30. The van der Waals surface area contributed by atoms with E-state index in [1.54, 1.807) is 0 Å². The molecular formula is C19H21N. The zero-order valence-corrected chi connectivity index (χ0v) is 12.0. The molecule has 2 rings (SSSR count). The second kappa shape index (κ2) is 8.19. The van der Waals surface area contributed by atoms with Gasteiger partial charge in [0.15, 0.2) is 0 Å². The summed E-state index contributed by atoms with van der Waals surface area (Å²) in [6, 6.07) is 21.1. The Kier molecular flexibility index (Phi) is 5.89. The lowest BCUT2D eigenvalue weighted by Crippen LogP contribution is -2.25. The molecule has 1 N–H and O–H groups in total. The molecular weight excluding hydrogens is 242 g/mol. The molecule has 102 valence electrons. The van der Waals surface area contributed by atoms with Gasteiger partial charge < -0.3 is 5.32 Å². The molecule has 1 unspecified atom stereocenters. The average molecular weight is 263 g/mol. The first-order valence-corrected chi connectivity index (χ1v) is 7.16. The summed E-state index contributed by atoms with van der Waals surface area (Å²) in [5, 5.41) is 3.53. The van der Waals surface area contributed by atoms with Crippen molar-refractivity contribution in [2.75, 3.05) is 0 Å². The topological polar surface area (TPSA) is 12.0 Å². The summed E-state index contributed by atoms with van der Waals surface area (Å²) >= 11 is 0. The molecule has 0 heterocycles. The van der Waals surface area contributed by atoms with Gasteiger partial charge in [0.2, 0.25) is 0 Å². The SMILES string of the molecule is CC(CCC#Cc1ccccc1)NCc1ccccc1. The van der Waals surface area contributed by atoms with E-state index < -0.39 is 0 Å². The number of rotatable bonds is 5. The first-order valence-electron chi connectivity index (χ1n) is 7.16. The van der Waals surface area contributed by atoms with Crippen LogP contribution in [0.15, 0.2) is 60.7 Å². The van der Waals surface area contributed by atoms with Gasteiger partial charge in [0.05, 0.1) is 0 Å². The molecule has 0 aliphatic carbocycles. The van der Waals surface area contributed by atoms with Gasteiger partial charge in [-0.05, 0) is 31.0 Å². The summed E-state index contributed by atoms with van der Waals surface area (Å²) < 4.78 is 0. The minimum absolute atomic E-state index is 0.486. The van der Waals surface area contributed by atoms with E-state index >= 15 is 0 Å². The summed E-state index contributed by atoms with van der Waals surface area (Å²) in [5.41, 5.74) is 2.42. The van der Waals surface area contributed by atoms with Crippen LogP contribution < -0.4 is 5.32 Å². The van der Waals surface area contributed by atoms with Gasteiger partial charge in [-0.3, -0.25) is 0 Å². The molecule has 0 amide bonds. The van der Waals surface area contributed by atoms with Crippen molar-refractivity contribution < 1.29 is 0 Å². The molecule has 2 aromatic rings. The molecule has 1 atom stereocenters. The van der Waals surface area contributed by atoms with Crippen LogP contribution in [-0.4, -0.2) is 6.04 Å². The van der Waals surface area contributed by atoms with Gasteiger partial charge in [-0.2, -0.15) is 0 Å². The van der Waals surface area contributed by atoms with Crippen molar-refractivity contribution >= 4 is 0 Å². The molecule has 0 fully saturated rings. The van der Waals surface area contributed by atoms with Gasteiger partial charge >= 0.3 is 0 Å². The number of hydrogen-bond donors (Lipinski definition) is 1.